The predicted molar refractivity (Wildman–Crippen MR) is 92.2 cm³/mol. The maximum absolute atomic E-state index is 12.9. The van der Waals surface area contributed by atoms with Crippen molar-refractivity contribution in [2.45, 2.75) is 20.3 Å². The molecule has 118 valence electrons. The van der Waals surface area contributed by atoms with Gasteiger partial charge in [0.2, 0.25) is 0 Å². The Balaban J connectivity index is 1.95. The molecule has 0 N–H and O–H groups in total. The van der Waals surface area contributed by atoms with Crippen molar-refractivity contribution < 1.29 is 9.53 Å². The second kappa shape index (κ2) is 6.09. The van der Waals surface area contributed by atoms with Gasteiger partial charge >= 0.3 is 0 Å². The number of nitrogens with zero attached hydrogens (tertiary/aromatic N) is 1. The van der Waals surface area contributed by atoms with Gasteiger partial charge in [0.15, 0.2) is 0 Å². The van der Waals surface area contributed by atoms with E-state index in [0.717, 1.165) is 28.9 Å². The van der Waals surface area contributed by atoms with E-state index in [-0.39, 0.29) is 5.91 Å². The third kappa shape index (κ3) is 2.82. The summed E-state index contributed by atoms with van der Waals surface area (Å²) in [4.78, 5) is 15.5. The summed E-state index contributed by atoms with van der Waals surface area (Å²) >= 11 is 7.95. The van der Waals surface area contributed by atoms with Gasteiger partial charge in [-0.05, 0) is 36.5 Å². The first-order chi connectivity index (χ1) is 10.5. The van der Waals surface area contributed by atoms with Crippen molar-refractivity contribution in [1.82, 2.24) is 4.90 Å². The summed E-state index contributed by atoms with van der Waals surface area (Å²) in [7, 11) is 1.63. The monoisotopic (exact) mass is 337 g/mol. The Morgan fingerprint density at radius 3 is 2.64 bits per heavy atom. The average molecular weight is 338 g/mol. The lowest BCUT2D eigenvalue weighted by Gasteiger charge is -2.34. The quantitative estimate of drug-likeness (QED) is 0.796. The lowest BCUT2D eigenvalue weighted by molar-refractivity contribution is 0.0628. The minimum atomic E-state index is 0.0589. The van der Waals surface area contributed by atoms with Crippen molar-refractivity contribution >= 4 is 38.9 Å². The van der Waals surface area contributed by atoms with Crippen LogP contribution in [0.2, 0.25) is 5.02 Å². The third-order valence-corrected chi connectivity index (χ3v) is 5.85. The average Bonchev–Trinajstić information content (AvgIpc) is 2.82. The molecule has 3 nitrogen and oxygen atoms in total. The molecule has 1 aliphatic rings. The fourth-order valence-corrected chi connectivity index (χ4v) is 4.74. The fourth-order valence-electron chi connectivity index (χ4n) is 3.28. The highest BCUT2D eigenvalue weighted by atomic mass is 35.5. The van der Waals surface area contributed by atoms with Crippen LogP contribution in [0.25, 0.3) is 10.1 Å². The van der Waals surface area contributed by atoms with Crippen LogP contribution < -0.4 is 4.74 Å². The van der Waals surface area contributed by atoms with Crippen molar-refractivity contribution in [2.24, 2.45) is 11.8 Å². The number of benzene rings is 1. The summed E-state index contributed by atoms with van der Waals surface area (Å²) in [5, 5.41) is 1.45. The van der Waals surface area contributed by atoms with Crippen LogP contribution in [0.3, 0.4) is 0 Å². The van der Waals surface area contributed by atoms with E-state index in [2.05, 4.69) is 13.8 Å². The molecule has 5 heteroatoms. The molecule has 1 fully saturated rings. The largest absolute Gasteiger partial charge is 0.497 e. The molecule has 2 atom stereocenters. The van der Waals surface area contributed by atoms with E-state index in [0.29, 0.717) is 21.7 Å². The topological polar surface area (TPSA) is 29.5 Å². The number of halogens is 1. The number of ether oxygens (including phenoxy) is 1. The SMILES string of the molecule is COc1ccc2sc(C(=O)N3CC(C)CC(C)C3)c(Cl)c2c1. The van der Waals surface area contributed by atoms with E-state index in [4.69, 9.17) is 16.3 Å². The van der Waals surface area contributed by atoms with E-state index >= 15 is 0 Å². The fraction of sp³-hybridized carbons (Fsp3) is 0.471. The minimum absolute atomic E-state index is 0.0589. The van der Waals surface area contributed by atoms with Gasteiger partial charge in [0.05, 0.1) is 12.1 Å². The number of likely N-dealkylation sites (tertiary alicyclic amines) is 1. The molecule has 1 aromatic heterocycles. The Morgan fingerprint density at radius 1 is 1.32 bits per heavy atom. The zero-order valence-electron chi connectivity index (χ0n) is 13.1. The Morgan fingerprint density at radius 2 is 2.00 bits per heavy atom. The first-order valence-corrected chi connectivity index (χ1v) is 8.74. The van der Waals surface area contributed by atoms with Gasteiger partial charge in [0.25, 0.3) is 5.91 Å². The van der Waals surface area contributed by atoms with Gasteiger partial charge in [-0.1, -0.05) is 25.4 Å². The summed E-state index contributed by atoms with van der Waals surface area (Å²) < 4.78 is 6.26. The Kier molecular flexibility index (Phi) is 4.33. The second-order valence-corrected chi connectivity index (χ2v) is 7.69. The van der Waals surface area contributed by atoms with Gasteiger partial charge in [0.1, 0.15) is 10.6 Å². The number of carbonyl (C=O) groups is 1. The van der Waals surface area contributed by atoms with Gasteiger partial charge in [0, 0.05) is 23.2 Å². The molecule has 1 aliphatic heterocycles. The van der Waals surface area contributed by atoms with Crippen LogP contribution in [0.15, 0.2) is 18.2 Å². The Bertz CT molecular complexity index is 702. The highest BCUT2D eigenvalue weighted by Crippen LogP contribution is 2.38. The van der Waals surface area contributed by atoms with Gasteiger partial charge in [-0.25, -0.2) is 0 Å². The van der Waals surface area contributed by atoms with Crippen LogP contribution in [0.4, 0.5) is 0 Å². The number of rotatable bonds is 2. The zero-order chi connectivity index (χ0) is 15.9. The number of carbonyl (C=O) groups excluding carboxylic acids is 1. The van der Waals surface area contributed by atoms with Crippen LogP contribution in [0, 0.1) is 11.8 Å². The smallest absolute Gasteiger partial charge is 0.265 e. The summed E-state index contributed by atoms with van der Waals surface area (Å²) in [6.07, 6.45) is 1.18. The normalized spacial score (nSPS) is 22.1. The van der Waals surface area contributed by atoms with E-state index in [9.17, 15) is 4.79 Å². The van der Waals surface area contributed by atoms with E-state index in [1.807, 2.05) is 23.1 Å². The molecule has 1 aromatic carbocycles. The molecule has 1 saturated heterocycles. The highest BCUT2D eigenvalue weighted by Gasteiger charge is 2.29. The lowest BCUT2D eigenvalue weighted by Crippen LogP contribution is -2.42. The molecule has 2 aromatic rings. The summed E-state index contributed by atoms with van der Waals surface area (Å²) in [5.41, 5.74) is 0. The molecule has 3 rings (SSSR count). The molecule has 1 amide bonds. The second-order valence-electron chi connectivity index (χ2n) is 6.26. The van der Waals surface area contributed by atoms with Crippen LogP contribution in [-0.4, -0.2) is 31.0 Å². The van der Waals surface area contributed by atoms with Crippen LogP contribution in [-0.2, 0) is 0 Å². The van der Waals surface area contributed by atoms with Gasteiger partial charge in [-0.2, -0.15) is 0 Å². The van der Waals surface area contributed by atoms with Crippen molar-refractivity contribution in [2.75, 3.05) is 20.2 Å². The Hall–Kier alpha value is -1.26. The summed E-state index contributed by atoms with van der Waals surface area (Å²) in [6.45, 7) is 6.04. The number of hydrogen-bond acceptors (Lipinski definition) is 3. The van der Waals surface area contributed by atoms with Gasteiger partial charge in [-0.15, -0.1) is 11.3 Å². The zero-order valence-corrected chi connectivity index (χ0v) is 14.6. The van der Waals surface area contributed by atoms with Crippen molar-refractivity contribution in [1.29, 1.82) is 0 Å². The third-order valence-electron chi connectivity index (χ3n) is 4.18. The number of amides is 1. The Labute approximate surface area is 139 Å². The molecule has 2 heterocycles. The van der Waals surface area contributed by atoms with Gasteiger partial charge in [-0.3, -0.25) is 4.79 Å². The molecular weight excluding hydrogens is 318 g/mol. The molecule has 0 aliphatic carbocycles. The molecule has 0 radical (unpaired) electrons. The van der Waals surface area contributed by atoms with Gasteiger partial charge < -0.3 is 9.64 Å². The van der Waals surface area contributed by atoms with E-state index in [1.165, 1.54) is 17.8 Å². The number of piperidine rings is 1. The number of methoxy groups -OCH3 is 1. The molecule has 0 bridgehead atoms. The molecule has 2 unspecified atom stereocenters. The lowest BCUT2D eigenvalue weighted by atomic mass is 9.92. The number of fused-ring (bicyclic) bond motifs is 1. The van der Waals surface area contributed by atoms with Crippen molar-refractivity contribution in [3.05, 3.63) is 28.1 Å². The first kappa shape index (κ1) is 15.6. The highest BCUT2D eigenvalue weighted by molar-refractivity contribution is 7.21. The van der Waals surface area contributed by atoms with Crippen molar-refractivity contribution in [3.8, 4) is 5.75 Å². The maximum Gasteiger partial charge on any atom is 0.265 e. The molecule has 22 heavy (non-hydrogen) atoms. The van der Waals surface area contributed by atoms with Crippen LogP contribution in [0.5, 0.6) is 5.75 Å². The molecule has 0 spiro atoms. The van der Waals surface area contributed by atoms with Crippen LogP contribution >= 0.6 is 22.9 Å². The minimum Gasteiger partial charge on any atom is -0.497 e. The van der Waals surface area contributed by atoms with E-state index in [1.54, 1.807) is 7.11 Å². The summed E-state index contributed by atoms with van der Waals surface area (Å²) in [6, 6.07) is 5.75. The first-order valence-electron chi connectivity index (χ1n) is 7.55. The predicted octanol–water partition coefficient (Wildman–Crippen LogP) is 4.68. The molecule has 0 saturated carbocycles. The molecular formula is C17H20ClNO2S. The maximum atomic E-state index is 12.9. The standard InChI is InChI=1S/C17H20ClNO2S/c1-10-6-11(2)9-19(8-10)17(20)16-15(18)13-7-12(21-3)4-5-14(13)22-16/h4-5,7,10-11H,6,8-9H2,1-3H3. The number of hydrogen-bond donors (Lipinski definition) is 0. The van der Waals surface area contributed by atoms with E-state index < -0.39 is 0 Å². The summed E-state index contributed by atoms with van der Waals surface area (Å²) in [5.74, 6) is 1.90. The van der Waals surface area contributed by atoms with Crippen molar-refractivity contribution in [3.63, 3.8) is 0 Å². The van der Waals surface area contributed by atoms with Crippen LogP contribution in [0.1, 0.15) is 29.9 Å². The number of thiophene rings is 1.